The minimum absolute atomic E-state index is 0.0816. The van der Waals surface area contributed by atoms with Crippen LogP contribution in [0, 0.1) is 5.92 Å². The average Bonchev–Trinajstić information content (AvgIpc) is 1.94. The van der Waals surface area contributed by atoms with Crippen LogP contribution in [0.1, 0.15) is 19.8 Å². The molecule has 0 aliphatic heterocycles. The fourth-order valence-electron chi connectivity index (χ4n) is 1.20. The van der Waals surface area contributed by atoms with Crippen molar-refractivity contribution in [3.63, 3.8) is 0 Å². The van der Waals surface area contributed by atoms with Gasteiger partial charge in [0.2, 0.25) is 0 Å². The molecule has 1 atom stereocenters. The van der Waals surface area contributed by atoms with Gasteiger partial charge in [0.1, 0.15) is 0 Å². The Morgan fingerprint density at radius 2 is 2.25 bits per heavy atom. The standard InChI is InChI=1S/C8H12O4/c1-5-2-3-6(7(9)10)4-8(5,11)12/h3,5,11-12H,2,4H2,1H3,(H,9,10). The SMILES string of the molecule is CC1CC=C(C(=O)O)CC1(O)O. The molecule has 4 nitrogen and oxygen atoms in total. The Kier molecular flexibility index (Phi) is 2.21. The molecule has 4 heteroatoms. The van der Waals surface area contributed by atoms with Gasteiger partial charge in [-0.2, -0.15) is 0 Å². The van der Waals surface area contributed by atoms with Crippen molar-refractivity contribution < 1.29 is 20.1 Å². The van der Waals surface area contributed by atoms with Crippen molar-refractivity contribution in [3.8, 4) is 0 Å². The molecule has 0 aromatic carbocycles. The second-order valence-electron chi connectivity index (χ2n) is 3.23. The highest BCUT2D eigenvalue weighted by molar-refractivity contribution is 5.86. The van der Waals surface area contributed by atoms with Crippen molar-refractivity contribution in [1.29, 1.82) is 0 Å². The van der Waals surface area contributed by atoms with E-state index in [9.17, 15) is 15.0 Å². The van der Waals surface area contributed by atoms with Crippen molar-refractivity contribution >= 4 is 5.97 Å². The molecular formula is C8H12O4. The quantitative estimate of drug-likeness (QED) is 0.490. The van der Waals surface area contributed by atoms with Crippen molar-refractivity contribution in [2.24, 2.45) is 5.92 Å². The van der Waals surface area contributed by atoms with E-state index in [1.54, 1.807) is 6.92 Å². The maximum absolute atomic E-state index is 10.5. The van der Waals surface area contributed by atoms with E-state index in [1.807, 2.05) is 0 Å². The molecule has 0 radical (unpaired) electrons. The van der Waals surface area contributed by atoms with Gasteiger partial charge in [-0.25, -0.2) is 4.79 Å². The van der Waals surface area contributed by atoms with Gasteiger partial charge < -0.3 is 15.3 Å². The number of aliphatic hydroxyl groups is 2. The topological polar surface area (TPSA) is 77.8 Å². The molecule has 0 aromatic rings. The van der Waals surface area contributed by atoms with Gasteiger partial charge in [0.15, 0.2) is 5.79 Å². The van der Waals surface area contributed by atoms with Gasteiger partial charge in [-0.3, -0.25) is 0 Å². The molecule has 0 amide bonds. The largest absolute Gasteiger partial charge is 0.478 e. The maximum atomic E-state index is 10.5. The second-order valence-corrected chi connectivity index (χ2v) is 3.23. The fourth-order valence-corrected chi connectivity index (χ4v) is 1.20. The van der Waals surface area contributed by atoms with E-state index in [-0.39, 0.29) is 17.9 Å². The van der Waals surface area contributed by atoms with Crippen LogP contribution in [0.4, 0.5) is 0 Å². The third kappa shape index (κ3) is 1.65. The molecule has 0 saturated carbocycles. The molecule has 0 heterocycles. The monoisotopic (exact) mass is 172 g/mol. The first-order valence-corrected chi connectivity index (χ1v) is 3.80. The van der Waals surface area contributed by atoms with Crippen molar-refractivity contribution in [2.75, 3.05) is 0 Å². The predicted molar refractivity (Wildman–Crippen MR) is 41.3 cm³/mol. The van der Waals surface area contributed by atoms with E-state index in [0.717, 1.165) is 0 Å². The zero-order valence-corrected chi connectivity index (χ0v) is 6.82. The number of carboxylic acid groups (broad SMARTS) is 1. The summed E-state index contributed by atoms with van der Waals surface area (Å²) in [7, 11) is 0. The highest BCUT2D eigenvalue weighted by atomic mass is 16.5. The third-order valence-corrected chi connectivity index (χ3v) is 2.23. The first-order chi connectivity index (χ1) is 5.43. The Hall–Kier alpha value is -0.870. The van der Waals surface area contributed by atoms with Crippen molar-refractivity contribution in [2.45, 2.75) is 25.6 Å². The van der Waals surface area contributed by atoms with Crippen LogP contribution >= 0.6 is 0 Å². The highest BCUT2D eigenvalue weighted by Crippen LogP contribution is 2.30. The molecule has 0 aromatic heterocycles. The van der Waals surface area contributed by atoms with Gasteiger partial charge in [-0.15, -0.1) is 0 Å². The summed E-state index contributed by atoms with van der Waals surface area (Å²) in [4.78, 5) is 10.5. The van der Waals surface area contributed by atoms with Crippen LogP contribution in [0.15, 0.2) is 11.6 Å². The molecule has 1 aliphatic carbocycles. The molecule has 1 unspecified atom stereocenters. The van der Waals surface area contributed by atoms with Gasteiger partial charge in [0.05, 0.1) is 0 Å². The maximum Gasteiger partial charge on any atom is 0.331 e. The number of carboxylic acids is 1. The van der Waals surface area contributed by atoms with Crippen LogP contribution in [-0.2, 0) is 4.79 Å². The molecule has 0 spiro atoms. The van der Waals surface area contributed by atoms with Crippen molar-refractivity contribution in [1.82, 2.24) is 0 Å². The summed E-state index contributed by atoms with van der Waals surface area (Å²) in [6, 6.07) is 0. The average molecular weight is 172 g/mol. The molecule has 68 valence electrons. The first-order valence-electron chi connectivity index (χ1n) is 3.80. The number of hydrogen-bond donors (Lipinski definition) is 3. The predicted octanol–water partition coefficient (Wildman–Crippen LogP) is 0.108. The molecular weight excluding hydrogens is 160 g/mol. The second kappa shape index (κ2) is 2.88. The van der Waals surface area contributed by atoms with E-state index in [0.29, 0.717) is 6.42 Å². The lowest BCUT2D eigenvalue weighted by Gasteiger charge is -2.31. The van der Waals surface area contributed by atoms with Crippen LogP contribution in [0.2, 0.25) is 0 Å². The number of hydrogen-bond acceptors (Lipinski definition) is 3. The smallest absolute Gasteiger partial charge is 0.331 e. The van der Waals surface area contributed by atoms with Crippen LogP contribution in [0.25, 0.3) is 0 Å². The van der Waals surface area contributed by atoms with Gasteiger partial charge in [0, 0.05) is 17.9 Å². The molecule has 1 rings (SSSR count). The van der Waals surface area contributed by atoms with Crippen molar-refractivity contribution in [3.05, 3.63) is 11.6 Å². The Morgan fingerprint density at radius 3 is 2.67 bits per heavy atom. The molecule has 1 aliphatic rings. The zero-order valence-electron chi connectivity index (χ0n) is 6.82. The Morgan fingerprint density at radius 1 is 1.67 bits per heavy atom. The summed E-state index contributed by atoms with van der Waals surface area (Å²) in [5.74, 6) is -3.24. The van der Waals surface area contributed by atoms with E-state index in [1.165, 1.54) is 6.08 Å². The number of allylic oxidation sites excluding steroid dienone is 1. The molecule has 0 fully saturated rings. The summed E-state index contributed by atoms with van der Waals surface area (Å²) in [6.07, 6.45) is 1.75. The van der Waals surface area contributed by atoms with E-state index >= 15 is 0 Å². The van der Waals surface area contributed by atoms with Crippen LogP contribution < -0.4 is 0 Å². The first kappa shape index (κ1) is 9.22. The number of rotatable bonds is 1. The summed E-state index contributed by atoms with van der Waals surface area (Å²) in [5, 5.41) is 27.2. The lowest BCUT2D eigenvalue weighted by Crippen LogP contribution is -2.39. The third-order valence-electron chi connectivity index (χ3n) is 2.23. The van der Waals surface area contributed by atoms with Gasteiger partial charge in [-0.05, 0) is 6.42 Å². The number of carbonyl (C=O) groups is 1. The molecule has 12 heavy (non-hydrogen) atoms. The van der Waals surface area contributed by atoms with Gasteiger partial charge in [0.25, 0.3) is 0 Å². The Labute approximate surface area is 70.1 Å². The minimum atomic E-state index is -1.86. The molecule has 0 bridgehead atoms. The van der Waals surface area contributed by atoms with E-state index in [2.05, 4.69) is 0 Å². The minimum Gasteiger partial charge on any atom is -0.478 e. The number of aliphatic carboxylic acids is 1. The van der Waals surface area contributed by atoms with E-state index < -0.39 is 11.8 Å². The van der Waals surface area contributed by atoms with Crippen LogP contribution in [0.3, 0.4) is 0 Å². The van der Waals surface area contributed by atoms with Gasteiger partial charge in [-0.1, -0.05) is 13.0 Å². The Bertz CT molecular complexity index is 229. The molecule has 3 N–H and O–H groups in total. The van der Waals surface area contributed by atoms with Gasteiger partial charge >= 0.3 is 5.97 Å². The van der Waals surface area contributed by atoms with Crippen LogP contribution in [-0.4, -0.2) is 27.1 Å². The summed E-state index contributed by atoms with van der Waals surface area (Å²) >= 11 is 0. The van der Waals surface area contributed by atoms with E-state index in [4.69, 9.17) is 5.11 Å². The summed E-state index contributed by atoms with van der Waals surface area (Å²) < 4.78 is 0. The lowest BCUT2D eigenvalue weighted by molar-refractivity contribution is -0.198. The lowest BCUT2D eigenvalue weighted by atomic mass is 9.85. The zero-order chi connectivity index (χ0) is 9.35. The normalized spacial score (nSPS) is 27.9. The highest BCUT2D eigenvalue weighted by Gasteiger charge is 2.36. The summed E-state index contributed by atoms with van der Waals surface area (Å²) in [5.41, 5.74) is 0.0816. The Balaban J connectivity index is 2.81. The fraction of sp³-hybridized carbons (Fsp3) is 0.625. The molecule has 0 saturated heterocycles. The summed E-state index contributed by atoms with van der Waals surface area (Å²) in [6.45, 7) is 1.68. The van der Waals surface area contributed by atoms with Crippen LogP contribution in [0.5, 0.6) is 0 Å².